The zero-order valence-electron chi connectivity index (χ0n) is 12.2. The number of nitrogen functional groups attached to an aromatic ring is 1. The lowest BCUT2D eigenvalue weighted by Crippen LogP contribution is -1.97. The molecule has 0 aromatic heterocycles. The third-order valence-corrected chi connectivity index (χ3v) is 3.05. The minimum Gasteiger partial charge on any atom is -0.492 e. The molecule has 0 radical (unpaired) electrons. The third kappa shape index (κ3) is 3.44. The Balaban J connectivity index is 2.21. The van der Waals surface area contributed by atoms with Crippen molar-refractivity contribution in [3.63, 3.8) is 0 Å². The maximum Gasteiger partial charge on any atom is 0.145 e. The number of nitrogens with two attached hydrogens (primary N) is 1. The maximum atomic E-state index is 5.88. The van der Waals surface area contributed by atoms with E-state index in [9.17, 15) is 0 Å². The van der Waals surface area contributed by atoms with Gasteiger partial charge < -0.3 is 15.2 Å². The summed E-state index contributed by atoms with van der Waals surface area (Å²) >= 11 is 0. The number of hydrogen-bond donors (Lipinski definition) is 1. The van der Waals surface area contributed by atoms with Crippen molar-refractivity contribution in [1.29, 1.82) is 0 Å². The van der Waals surface area contributed by atoms with Crippen molar-refractivity contribution >= 4 is 5.69 Å². The van der Waals surface area contributed by atoms with Crippen LogP contribution in [0, 0.1) is 0 Å². The van der Waals surface area contributed by atoms with Crippen LogP contribution in [0.15, 0.2) is 42.5 Å². The number of rotatable bonds is 5. The smallest absolute Gasteiger partial charge is 0.145 e. The molecule has 0 aliphatic rings. The number of anilines is 1. The van der Waals surface area contributed by atoms with Crippen molar-refractivity contribution in [3.8, 4) is 17.2 Å². The van der Waals surface area contributed by atoms with Gasteiger partial charge in [-0.25, -0.2) is 0 Å². The highest BCUT2D eigenvalue weighted by Gasteiger charge is 2.05. The Hall–Kier alpha value is -2.16. The molecule has 0 fully saturated rings. The standard InChI is InChI=1S/C17H21NO2/c1-4-19-17-11-15(8-9-16(17)18)20-14-7-5-6-13(10-14)12(2)3/h5-12H,4,18H2,1-3H3. The summed E-state index contributed by atoms with van der Waals surface area (Å²) in [5, 5.41) is 0. The molecule has 0 saturated carbocycles. The van der Waals surface area contributed by atoms with Crippen molar-refractivity contribution in [3.05, 3.63) is 48.0 Å². The molecule has 3 nitrogen and oxygen atoms in total. The molecule has 3 heteroatoms. The van der Waals surface area contributed by atoms with E-state index in [4.69, 9.17) is 15.2 Å². The summed E-state index contributed by atoms with van der Waals surface area (Å²) in [4.78, 5) is 0. The third-order valence-electron chi connectivity index (χ3n) is 3.05. The van der Waals surface area contributed by atoms with Gasteiger partial charge in [0.1, 0.15) is 17.2 Å². The summed E-state index contributed by atoms with van der Waals surface area (Å²) in [7, 11) is 0. The van der Waals surface area contributed by atoms with Crippen LogP contribution in [0.1, 0.15) is 32.3 Å². The summed E-state index contributed by atoms with van der Waals surface area (Å²) in [6.07, 6.45) is 0. The zero-order chi connectivity index (χ0) is 14.5. The number of hydrogen-bond acceptors (Lipinski definition) is 3. The van der Waals surface area contributed by atoms with Crippen LogP contribution in [0.25, 0.3) is 0 Å². The lowest BCUT2D eigenvalue weighted by atomic mass is 10.0. The molecule has 2 aromatic rings. The molecule has 0 aliphatic heterocycles. The molecule has 0 aliphatic carbocycles. The maximum absolute atomic E-state index is 5.88. The van der Waals surface area contributed by atoms with Gasteiger partial charge in [0, 0.05) is 6.07 Å². The van der Waals surface area contributed by atoms with E-state index in [-0.39, 0.29) is 0 Å². The van der Waals surface area contributed by atoms with Crippen molar-refractivity contribution in [2.45, 2.75) is 26.7 Å². The van der Waals surface area contributed by atoms with Crippen LogP contribution in [-0.4, -0.2) is 6.61 Å². The highest BCUT2D eigenvalue weighted by Crippen LogP contribution is 2.31. The van der Waals surface area contributed by atoms with E-state index in [0.717, 1.165) is 11.5 Å². The molecule has 0 bridgehead atoms. The van der Waals surface area contributed by atoms with Gasteiger partial charge in [-0.2, -0.15) is 0 Å². The first-order chi connectivity index (χ1) is 9.60. The summed E-state index contributed by atoms with van der Waals surface area (Å²) in [5.41, 5.74) is 7.73. The minimum atomic E-state index is 0.476. The van der Waals surface area contributed by atoms with Gasteiger partial charge in [0.15, 0.2) is 0 Å². The first kappa shape index (κ1) is 14.3. The zero-order valence-corrected chi connectivity index (χ0v) is 12.2. The van der Waals surface area contributed by atoms with Crippen molar-refractivity contribution in [2.24, 2.45) is 0 Å². The molecule has 0 saturated heterocycles. The predicted octanol–water partition coefficient (Wildman–Crippen LogP) is 4.58. The Labute approximate surface area is 120 Å². The molecule has 2 N–H and O–H groups in total. The van der Waals surface area contributed by atoms with Crippen LogP contribution in [0.2, 0.25) is 0 Å². The fraction of sp³-hybridized carbons (Fsp3) is 0.294. The summed E-state index contributed by atoms with van der Waals surface area (Å²) in [6.45, 7) is 6.83. The Morgan fingerprint density at radius 3 is 2.50 bits per heavy atom. The average Bonchev–Trinajstić information content (AvgIpc) is 2.43. The van der Waals surface area contributed by atoms with E-state index in [1.165, 1.54) is 5.56 Å². The van der Waals surface area contributed by atoms with E-state index in [1.54, 1.807) is 6.07 Å². The van der Waals surface area contributed by atoms with Gasteiger partial charge in [-0.3, -0.25) is 0 Å². The van der Waals surface area contributed by atoms with Gasteiger partial charge in [0.25, 0.3) is 0 Å². The monoisotopic (exact) mass is 271 g/mol. The van der Waals surface area contributed by atoms with Gasteiger partial charge in [0.05, 0.1) is 12.3 Å². The SMILES string of the molecule is CCOc1cc(Oc2cccc(C(C)C)c2)ccc1N. The van der Waals surface area contributed by atoms with Gasteiger partial charge in [-0.1, -0.05) is 26.0 Å². The molecular formula is C17H21NO2. The van der Waals surface area contributed by atoms with E-state index < -0.39 is 0 Å². The van der Waals surface area contributed by atoms with Crippen LogP contribution in [0.5, 0.6) is 17.2 Å². The fourth-order valence-electron chi connectivity index (χ4n) is 1.93. The molecular weight excluding hydrogens is 250 g/mol. The molecule has 0 spiro atoms. The van der Waals surface area contributed by atoms with Gasteiger partial charge >= 0.3 is 0 Å². The summed E-state index contributed by atoms with van der Waals surface area (Å²) in [6, 6.07) is 13.6. The lowest BCUT2D eigenvalue weighted by molar-refractivity contribution is 0.340. The molecule has 106 valence electrons. The van der Waals surface area contributed by atoms with Crippen LogP contribution in [0.3, 0.4) is 0 Å². The fourth-order valence-corrected chi connectivity index (χ4v) is 1.93. The predicted molar refractivity (Wildman–Crippen MR) is 82.6 cm³/mol. The average molecular weight is 271 g/mol. The first-order valence-corrected chi connectivity index (χ1v) is 6.90. The van der Waals surface area contributed by atoms with Crippen LogP contribution < -0.4 is 15.2 Å². The Kier molecular flexibility index (Phi) is 4.51. The molecule has 20 heavy (non-hydrogen) atoms. The molecule has 0 heterocycles. The molecule has 0 unspecified atom stereocenters. The quantitative estimate of drug-likeness (QED) is 0.809. The van der Waals surface area contributed by atoms with E-state index in [1.807, 2.05) is 31.2 Å². The second kappa shape index (κ2) is 6.33. The number of ether oxygens (including phenoxy) is 2. The lowest BCUT2D eigenvalue weighted by Gasteiger charge is -2.12. The molecule has 2 rings (SSSR count). The Morgan fingerprint density at radius 1 is 1.05 bits per heavy atom. The van der Waals surface area contributed by atoms with Crippen molar-refractivity contribution in [2.75, 3.05) is 12.3 Å². The van der Waals surface area contributed by atoms with Crippen LogP contribution in [-0.2, 0) is 0 Å². The van der Waals surface area contributed by atoms with E-state index in [0.29, 0.717) is 24.0 Å². The van der Waals surface area contributed by atoms with Gasteiger partial charge in [0.2, 0.25) is 0 Å². The minimum absolute atomic E-state index is 0.476. The molecule has 0 amide bonds. The van der Waals surface area contributed by atoms with Crippen LogP contribution >= 0.6 is 0 Å². The largest absolute Gasteiger partial charge is 0.492 e. The summed E-state index contributed by atoms with van der Waals surface area (Å²) in [5.74, 6) is 2.68. The van der Waals surface area contributed by atoms with E-state index in [2.05, 4.69) is 26.0 Å². The first-order valence-electron chi connectivity index (χ1n) is 6.90. The topological polar surface area (TPSA) is 44.5 Å². The summed E-state index contributed by atoms with van der Waals surface area (Å²) < 4.78 is 11.3. The van der Waals surface area contributed by atoms with Crippen LogP contribution in [0.4, 0.5) is 5.69 Å². The van der Waals surface area contributed by atoms with Crippen molar-refractivity contribution < 1.29 is 9.47 Å². The Bertz CT molecular complexity index is 579. The number of benzene rings is 2. The second-order valence-electron chi connectivity index (χ2n) is 4.96. The van der Waals surface area contributed by atoms with E-state index >= 15 is 0 Å². The van der Waals surface area contributed by atoms with Gasteiger partial charge in [-0.15, -0.1) is 0 Å². The normalized spacial score (nSPS) is 10.6. The second-order valence-corrected chi connectivity index (χ2v) is 4.96. The molecule has 2 aromatic carbocycles. The highest BCUT2D eigenvalue weighted by atomic mass is 16.5. The Morgan fingerprint density at radius 2 is 1.80 bits per heavy atom. The highest BCUT2D eigenvalue weighted by molar-refractivity contribution is 5.56. The van der Waals surface area contributed by atoms with Gasteiger partial charge in [-0.05, 0) is 42.7 Å². The van der Waals surface area contributed by atoms with Crippen molar-refractivity contribution in [1.82, 2.24) is 0 Å². The molecule has 0 atom stereocenters.